The third kappa shape index (κ3) is 6.81. The van der Waals surface area contributed by atoms with E-state index < -0.39 is 6.10 Å². The number of ether oxygens (including phenoxy) is 1. The molecule has 0 aliphatic heterocycles. The van der Waals surface area contributed by atoms with Gasteiger partial charge in [-0.05, 0) is 38.5 Å². The van der Waals surface area contributed by atoms with Gasteiger partial charge in [0.15, 0.2) is 0 Å². The van der Waals surface area contributed by atoms with Gasteiger partial charge in [0.2, 0.25) is 0 Å². The molecule has 0 bridgehead atoms. The number of nitrogens with one attached hydrogen (secondary N) is 1. The minimum absolute atomic E-state index is 0.363. The molecule has 3 nitrogen and oxygen atoms in total. The molecule has 1 rings (SSSR count). The van der Waals surface area contributed by atoms with Gasteiger partial charge in [-0.25, -0.2) is 0 Å². The fourth-order valence-corrected chi connectivity index (χ4v) is 2.15. The van der Waals surface area contributed by atoms with Crippen molar-refractivity contribution in [2.45, 2.75) is 51.7 Å². The number of hydrogen-bond acceptors (Lipinski definition) is 3. The van der Waals surface area contributed by atoms with Gasteiger partial charge < -0.3 is 15.2 Å². The second-order valence-electron chi connectivity index (χ2n) is 5.46. The van der Waals surface area contributed by atoms with E-state index in [1.807, 2.05) is 6.92 Å². The maximum absolute atomic E-state index is 9.73. The SMILES string of the molecule is C=C(C)CNCC(O)COC1CCC(C)CC1. The number of aliphatic hydroxyl groups is 1. The van der Waals surface area contributed by atoms with Gasteiger partial charge in [-0.15, -0.1) is 0 Å². The predicted octanol–water partition coefficient (Wildman–Crippen LogP) is 2.11. The average Bonchev–Trinajstić information content (AvgIpc) is 2.28. The van der Waals surface area contributed by atoms with E-state index in [1.165, 1.54) is 12.8 Å². The fourth-order valence-electron chi connectivity index (χ4n) is 2.15. The van der Waals surface area contributed by atoms with Crippen LogP contribution in [0.4, 0.5) is 0 Å². The quantitative estimate of drug-likeness (QED) is 0.671. The van der Waals surface area contributed by atoms with E-state index in [0.29, 0.717) is 19.3 Å². The van der Waals surface area contributed by atoms with Crippen molar-refractivity contribution in [2.24, 2.45) is 5.92 Å². The third-order valence-corrected chi connectivity index (χ3v) is 3.29. The van der Waals surface area contributed by atoms with Crippen LogP contribution in [0.1, 0.15) is 39.5 Å². The lowest BCUT2D eigenvalue weighted by Gasteiger charge is -2.27. The molecule has 1 aliphatic rings. The van der Waals surface area contributed by atoms with E-state index in [0.717, 1.165) is 30.9 Å². The van der Waals surface area contributed by atoms with E-state index in [-0.39, 0.29) is 0 Å². The molecule has 0 aromatic carbocycles. The Morgan fingerprint density at radius 1 is 1.41 bits per heavy atom. The molecule has 2 N–H and O–H groups in total. The molecular weight excluding hydrogens is 214 g/mol. The van der Waals surface area contributed by atoms with Crippen LogP contribution in [0.5, 0.6) is 0 Å². The maximum Gasteiger partial charge on any atom is 0.0897 e. The zero-order valence-electron chi connectivity index (χ0n) is 11.2. The predicted molar refractivity (Wildman–Crippen MR) is 71.1 cm³/mol. The molecule has 0 radical (unpaired) electrons. The standard InChI is InChI=1S/C14H27NO2/c1-11(2)8-15-9-13(16)10-17-14-6-4-12(3)5-7-14/h12-16H,1,4-10H2,2-3H3. The van der Waals surface area contributed by atoms with Gasteiger partial charge in [-0.3, -0.25) is 0 Å². The lowest BCUT2D eigenvalue weighted by Crippen LogP contribution is -2.33. The van der Waals surface area contributed by atoms with E-state index in [2.05, 4.69) is 18.8 Å². The number of rotatable bonds is 7. The summed E-state index contributed by atoms with van der Waals surface area (Å²) in [5, 5.41) is 12.9. The minimum atomic E-state index is -0.409. The second kappa shape index (κ2) is 7.85. The van der Waals surface area contributed by atoms with Crippen molar-refractivity contribution in [1.82, 2.24) is 5.32 Å². The first-order chi connectivity index (χ1) is 8.08. The van der Waals surface area contributed by atoms with Crippen molar-refractivity contribution in [2.75, 3.05) is 19.7 Å². The Balaban J connectivity index is 2.03. The summed E-state index contributed by atoms with van der Waals surface area (Å²) in [4.78, 5) is 0. The zero-order chi connectivity index (χ0) is 12.7. The van der Waals surface area contributed by atoms with Crippen LogP contribution in [0.3, 0.4) is 0 Å². The Kier molecular flexibility index (Phi) is 6.78. The Labute approximate surface area is 105 Å². The number of aliphatic hydroxyl groups excluding tert-OH is 1. The molecule has 1 unspecified atom stereocenters. The van der Waals surface area contributed by atoms with Crippen molar-refractivity contribution in [3.8, 4) is 0 Å². The van der Waals surface area contributed by atoms with Gasteiger partial charge in [-0.1, -0.05) is 19.1 Å². The summed E-state index contributed by atoms with van der Waals surface area (Å²) < 4.78 is 5.74. The summed E-state index contributed by atoms with van der Waals surface area (Å²) in [6.07, 6.45) is 4.76. The minimum Gasteiger partial charge on any atom is -0.389 e. The summed E-state index contributed by atoms with van der Waals surface area (Å²) in [5.74, 6) is 0.844. The molecule has 1 aliphatic carbocycles. The Morgan fingerprint density at radius 3 is 2.65 bits per heavy atom. The van der Waals surface area contributed by atoms with Gasteiger partial charge in [0.05, 0.1) is 18.8 Å². The van der Waals surface area contributed by atoms with Crippen molar-refractivity contribution >= 4 is 0 Å². The molecule has 17 heavy (non-hydrogen) atoms. The largest absolute Gasteiger partial charge is 0.389 e. The summed E-state index contributed by atoms with van der Waals surface area (Å²) in [6, 6.07) is 0. The highest BCUT2D eigenvalue weighted by Crippen LogP contribution is 2.25. The Bertz CT molecular complexity index is 222. The Morgan fingerprint density at radius 2 is 2.06 bits per heavy atom. The third-order valence-electron chi connectivity index (χ3n) is 3.29. The highest BCUT2D eigenvalue weighted by molar-refractivity contribution is 4.90. The van der Waals surface area contributed by atoms with Crippen molar-refractivity contribution < 1.29 is 9.84 Å². The molecule has 0 aromatic heterocycles. The normalized spacial score (nSPS) is 26.8. The molecule has 100 valence electrons. The summed E-state index contributed by atoms with van der Waals surface area (Å²) >= 11 is 0. The molecule has 1 atom stereocenters. The van der Waals surface area contributed by atoms with Crippen LogP contribution in [0, 0.1) is 5.92 Å². The van der Waals surface area contributed by atoms with Crippen LogP contribution in [0.2, 0.25) is 0 Å². The van der Waals surface area contributed by atoms with Crippen molar-refractivity contribution in [3.63, 3.8) is 0 Å². The fraction of sp³-hybridized carbons (Fsp3) is 0.857. The molecule has 3 heteroatoms. The first-order valence-electron chi connectivity index (χ1n) is 6.72. The molecular formula is C14H27NO2. The molecule has 0 aromatic rings. The van der Waals surface area contributed by atoms with Gasteiger partial charge in [-0.2, -0.15) is 0 Å². The Hall–Kier alpha value is -0.380. The van der Waals surface area contributed by atoms with Crippen LogP contribution in [0.25, 0.3) is 0 Å². The van der Waals surface area contributed by atoms with Gasteiger partial charge in [0.1, 0.15) is 0 Å². The van der Waals surface area contributed by atoms with E-state index in [1.54, 1.807) is 0 Å². The summed E-state index contributed by atoms with van der Waals surface area (Å²) in [7, 11) is 0. The lowest BCUT2D eigenvalue weighted by atomic mass is 9.89. The topological polar surface area (TPSA) is 41.5 Å². The van der Waals surface area contributed by atoms with Crippen molar-refractivity contribution in [1.29, 1.82) is 0 Å². The van der Waals surface area contributed by atoms with E-state index >= 15 is 0 Å². The number of hydrogen-bond donors (Lipinski definition) is 2. The van der Waals surface area contributed by atoms with Crippen LogP contribution >= 0.6 is 0 Å². The molecule has 0 amide bonds. The molecule has 1 fully saturated rings. The highest BCUT2D eigenvalue weighted by atomic mass is 16.5. The van der Waals surface area contributed by atoms with Crippen LogP contribution in [-0.4, -0.2) is 37.0 Å². The average molecular weight is 241 g/mol. The monoisotopic (exact) mass is 241 g/mol. The molecule has 1 saturated carbocycles. The second-order valence-corrected chi connectivity index (χ2v) is 5.46. The van der Waals surface area contributed by atoms with E-state index in [9.17, 15) is 5.11 Å². The van der Waals surface area contributed by atoms with Gasteiger partial charge in [0, 0.05) is 13.1 Å². The van der Waals surface area contributed by atoms with E-state index in [4.69, 9.17) is 4.74 Å². The van der Waals surface area contributed by atoms with Crippen molar-refractivity contribution in [3.05, 3.63) is 12.2 Å². The zero-order valence-corrected chi connectivity index (χ0v) is 11.2. The van der Waals surface area contributed by atoms with Crippen LogP contribution in [0.15, 0.2) is 12.2 Å². The summed E-state index contributed by atoms with van der Waals surface area (Å²) in [5.41, 5.74) is 1.08. The summed E-state index contributed by atoms with van der Waals surface area (Å²) in [6.45, 7) is 9.86. The van der Waals surface area contributed by atoms with Gasteiger partial charge in [0.25, 0.3) is 0 Å². The smallest absolute Gasteiger partial charge is 0.0897 e. The molecule has 0 spiro atoms. The first kappa shape index (κ1) is 14.7. The van der Waals surface area contributed by atoms with Gasteiger partial charge >= 0.3 is 0 Å². The lowest BCUT2D eigenvalue weighted by molar-refractivity contribution is -0.0276. The highest BCUT2D eigenvalue weighted by Gasteiger charge is 2.19. The van der Waals surface area contributed by atoms with Crippen LogP contribution < -0.4 is 5.32 Å². The molecule has 0 heterocycles. The molecule has 0 saturated heterocycles. The first-order valence-corrected chi connectivity index (χ1v) is 6.72. The van der Waals surface area contributed by atoms with Crippen LogP contribution in [-0.2, 0) is 4.74 Å². The maximum atomic E-state index is 9.73.